The Balaban J connectivity index is 2.23. The van der Waals surface area contributed by atoms with Crippen molar-refractivity contribution in [1.82, 2.24) is 5.32 Å². The molecule has 0 spiro atoms. The van der Waals surface area contributed by atoms with E-state index in [4.69, 9.17) is 4.74 Å². The number of benzene rings is 1. The molecule has 104 valence electrons. The van der Waals surface area contributed by atoms with Gasteiger partial charge in [0, 0.05) is 16.1 Å². The summed E-state index contributed by atoms with van der Waals surface area (Å²) in [5, 5.41) is 3.21. The van der Waals surface area contributed by atoms with Gasteiger partial charge in [0.2, 0.25) is 0 Å². The fourth-order valence-corrected chi connectivity index (χ4v) is 2.80. The molecule has 19 heavy (non-hydrogen) atoms. The van der Waals surface area contributed by atoms with E-state index in [1.54, 1.807) is 12.1 Å². The molecule has 2 rings (SSSR count). The van der Waals surface area contributed by atoms with Crippen molar-refractivity contribution in [1.29, 1.82) is 0 Å². The monoisotopic (exact) mass is 329 g/mol. The van der Waals surface area contributed by atoms with Crippen molar-refractivity contribution in [3.05, 3.63) is 34.1 Å². The van der Waals surface area contributed by atoms with Gasteiger partial charge in [-0.3, -0.25) is 5.32 Å². The average Bonchev–Trinajstić information content (AvgIpc) is 2.89. The molecule has 1 aliphatic rings. The molecule has 1 N–H and O–H groups in total. The number of rotatable bonds is 4. The van der Waals surface area contributed by atoms with Crippen LogP contribution in [0.15, 0.2) is 22.7 Å². The summed E-state index contributed by atoms with van der Waals surface area (Å²) in [7, 11) is 1.32. The molecular formula is C14H17BrFNO2. The highest BCUT2D eigenvalue weighted by Gasteiger charge is 2.28. The topological polar surface area (TPSA) is 38.3 Å². The average molecular weight is 330 g/mol. The lowest BCUT2D eigenvalue weighted by molar-refractivity contribution is -0.143. The van der Waals surface area contributed by atoms with Crippen LogP contribution in [0.2, 0.25) is 0 Å². The van der Waals surface area contributed by atoms with Gasteiger partial charge >= 0.3 is 5.97 Å². The SMILES string of the molecule is COC(=O)C(NC1CCCC1)c1ccc(Br)cc1F. The predicted molar refractivity (Wildman–Crippen MR) is 74.2 cm³/mol. The Morgan fingerprint density at radius 2 is 2.16 bits per heavy atom. The number of methoxy groups -OCH3 is 1. The first-order valence-electron chi connectivity index (χ1n) is 6.40. The second-order valence-electron chi connectivity index (χ2n) is 4.77. The third-order valence-electron chi connectivity index (χ3n) is 3.47. The van der Waals surface area contributed by atoms with Crippen LogP contribution < -0.4 is 5.32 Å². The third kappa shape index (κ3) is 3.54. The standard InChI is InChI=1S/C14H17BrFNO2/c1-19-14(18)13(17-10-4-2-3-5-10)11-7-6-9(15)8-12(11)16/h6-8,10,13,17H,2-5H2,1H3. The highest BCUT2D eigenvalue weighted by molar-refractivity contribution is 9.10. The van der Waals surface area contributed by atoms with Gasteiger partial charge in [0.05, 0.1) is 7.11 Å². The Hall–Kier alpha value is -0.940. The van der Waals surface area contributed by atoms with Gasteiger partial charge in [-0.05, 0) is 25.0 Å². The minimum absolute atomic E-state index is 0.257. The van der Waals surface area contributed by atoms with Gasteiger partial charge in [-0.15, -0.1) is 0 Å². The lowest BCUT2D eigenvalue weighted by atomic mass is 10.0. The summed E-state index contributed by atoms with van der Waals surface area (Å²) in [4.78, 5) is 11.9. The van der Waals surface area contributed by atoms with Crippen molar-refractivity contribution in [2.75, 3.05) is 7.11 Å². The van der Waals surface area contributed by atoms with Crippen molar-refractivity contribution < 1.29 is 13.9 Å². The summed E-state index contributed by atoms with van der Waals surface area (Å²) in [6, 6.07) is 4.23. The molecule has 1 saturated carbocycles. The Morgan fingerprint density at radius 1 is 1.47 bits per heavy atom. The van der Waals surface area contributed by atoms with Crippen molar-refractivity contribution in [2.45, 2.75) is 37.8 Å². The van der Waals surface area contributed by atoms with E-state index >= 15 is 0 Å². The van der Waals surface area contributed by atoms with Crippen molar-refractivity contribution in [2.24, 2.45) is 0 Å². The number of hydrogen-bond acceptors (Lipinski definition) is 3. The van der Waals surface area contributed by atoms with Gasteiger partial charge in [0.25, 0.3) is 0 Å². The number of esters is 1. The zero-order valence-electron chi connectivity index (χ0n) is 10.8. The molecule has 0 aromatic heterocycles. The van der Waals surface area contributed by atoms with E-state index in [9.17, 15) is 9.18 Å². The number of ether oxygens (including phenoxy) is 1. The van der Waals surface area contributed by atoms with Crippen LogP contribution in [0, 0.1) is 5.82 Å². The summed E-state index contributed by atoms with van der Waals surface area (Å²) in [6.07, 6.45) is 4.33. The van der Waals surface area contributed by atoms with Crippen LogP contribution in [0.3, 0.4) is 0 Å². The minimum atomic E-state index is -0.735. The van der Waals surface area contributed by atoms with Gasteiger partial charge in [0.1, 0.15) is 11.9 Å². The van der Waals surface area contributed by atoms with Crippen LogP contribution in [0.1, 0.15) is 37.3 Å². The van der Waals surface area contributed by atoms with Gasteiger partial charge in [-0.25, -0.2) is 9.18 Å². The van der Waals surface area contributed by atoms with Crippen molar-refractivity contribution >= 4 is 21.9 Å². The van der Waals surface area contributed by atoms with E-state index < -0.39 is 17.8 Å². The van der Waals surface area contributed by atoms with Crippen LogP contribution in [0.4, 0.5) is 4.39 Å². The maximum atomic E-state index is 14.0. The second kappa shape index (κ2) is 6.48. The van der Waals surface area contributed by atoms with Crippen LogP contribution in [-0.2, 0) is 9.53 Å². The molecule has 1 aromatic rings. The Bertz CT molecular complexity index is 461. The molecule has 1 fully saturated rings. The van der Waals surface area contributed by atoms with E-state index in [1.807, 2.05) is 0 Å². The number of halogens is 2. The van der Waals surface area contributed by atoms with Gasteiger partial charge in [0.15, 0.2) is 0 Å². The van der Waals surface area contributed by atoms with E-state index in [-0.39, 0.29) is 6.04 Å². The van der Waals surface area contributed by atoms with E-state index in [2.05, 4.69) is 21.2 Å². The molecule has 1 aliphatic carbocycles. The molecule has 0 saturated heterocycles. The lowest BCUT2D eigenvalue weighted by Gasteiger charge is -2.21. The first-order valence-corrected chi connectivity index (χ1v) is 7.20. The summed E-state index contributed by atoms with van der Waals surface area (Å²) >= 11 is 3.21. The number of hydrogen-bond donors (Lipinski definition) is 1. The van der Waals surface area contributed by atoms with Crippen molar-refractivity contribution in [3.63, 3.8) is 0 Å². The van der Waals surface area contributed by atoms with Crippen LogP contribution in [0.5, 0.6) is 0 Å². The minimum Gasteiger partial charge on any atom is -0.468 e. The number of carbonyl (C=O) groups excluding carboxylic acids is 1. The summed E-state index contributed by atoms with van der Waals surface area (Å²) < 4.78 is 19.4. The molecule has 0 heterocycles. The van der Waals surface area contributed by atoms with Crippen LogP contribution in [-0.4, -0.2) is 19.1 Å². The quantitative estimate of drug-likeness (QED) is 0.861. The second-order valence-corrected chi connectivity index (χ2v) is 5.69. The molecule has 5 heteroatoms. The maximum absolute atomic E-state index is 14.0. The van der Waals surface area contributed by atoms with E-state index in [0.717, 1.165) is 25.7 Å². The molecule has 0 bridgehead atoms. The summed E-state index contributed by atoms with van der Waals surface area (Å²) in [6.45, 7) is 0. The zero-order chi connectivity index (χ0) is 13.8. The normalized spacial score (nSPS) is 17.4. The largest absolute Gasteiger partial charge is 0.468 e. The Labute approximate surface area is 120 Å². The lowest BCUT2D eigenvalue weighted by Crippen LogP contribution is -2.36. The van der Waals surface area contributed by atoms with Crippen LogP contribution in [0.25, 0.3) is 0 Å². The molecule has 1 atom stereocenters. The van der Waals surface area contributed by atoms with Gasteiger partial charge in [-0.2, -0.15) is 0 Å². The molecule has 3 nitrogen and oxygen atoms in total. The molecule has 0 amide bonds. The highest BCUT2D eigenvalue weighted by atomic mass is 79.9. The zero-order valence-corrected chi connectivity index (χ0v) is 12.4. The van der Waals surface area contributed by atoms with E-state index in [1.165, 1.54) is 13.2 Å². The molecule has 0 radical (unpaired) electrons. The summed E-state index contributed by atoms with van der Waals surface area (Å²) in [5.41, 5.74) is 0.335. The Morgan fingerprint density at radius 3 is 2.74 bits per heavy atom. The Kier molecular flexibility index (Phi) is 4.93. The van der Waals surface area contributed by atoms with E-state index in [0.29, 0.717) is 10.0 Å². The molecular weight excluding hydrogens is 313 g/mol. The number of nitrogens with one attached hydrogen (secondary N) is 1. The van der Waals surface area contributed by atoms with Crippen molar-refractivity contribution in [3.8, 4) is 0 Å². The third-order valence-corrected chi connectivity index (χ3v) is 3.96. The molecule has 0 aliphatic heterocycles. The predicted octanol–water partition coefficient (Wildman–Crippen LogP) is 3.33. The first-order chi connectivity index (χ1) is 9.11. The summed E-state index contributed by atoms with van der Waals surface area (Å²) in [5.74, 6) is -0.858. The molecule has 1 unspecified atom stereocenters. The molecule has 1 aromatic carbocycles. The fourth-order valence-electron chi connectivity index (χ4n) is 2.47. The highest BCUT2D eigenvalue weighted by Crippen LogP contribution is 2.26. The maximum Gasteiger partial charge on any atom is 0.327 e. The first kappa shape index (κ1) is 14.5. The van der Waals surface area contributed by atoms with Gasteiger partial charge < -0.3 is 4.74 Å². The smallest absolute Gasteiger partial charge is 0.327 e. The fraction of sp³-hybridized carbons (Fsp3) is 0.500. The van der Waals surface area contributed by atoms with Gasteiger partial charge in [-0.1, -0.05) is 34.8 Å². The van der Waals surface area contributed by atoms with Crippen LogP contribution >= 0.6 is 15.9 Å². The number of carbonyl (C=O) groups is 1.